The lowest BCUT2D eigenvalue weighted by Crippen LogP contribution is -2.37. The molecule has 31 heavy (non-hydrogen) atoms. The number of halogens is 1. The van der Waals surface area contributed by atoms with Crippen LogP contribution in [0.5, 0.6) is 5.75 Å². The molecular formula is C23H38IN3O4. The Labute approximate surface area is 203 Å². The van der Waals surface area contributed by atoms with E-state index in [2.05, 4.69) is 40.7 Å². The third kappa shape index (κ3) is 11.0. The Morgan fingerprint density at radius 3 is 2.74 bits per heavy atom. The number of hydrogen-bond acceptors (Lipinski definition) is 5. The van der Waals surface area contributed by atoms with E-state index < -0.39 is 0 Å². The highest BCUT2D eigenvalue weighted by Crippen LogP contribution is 2.23. The predicted octanol–water partition coefficient (Wildman–Crippen LogP) is 3.96. The summed E-state index contributed by atoms with van der Waals surface area (Å²) in [6.45, 7) is 7.27. The largest absolute Gasteiger partial charge is 0.488 e. The molecule has 8 heteroatoms. The van der Waals surface area contributed by atoms with Crippen LogP contribution in [0.3, 0.4) is 0 Å². The van der Waals surface area contributed by atoms with Crippen molar-refractivity contribution >= 4 is 35.9 Å². The summed E-state index contributed by atoms with van der Waals surface area (Å²) in [5.41, 5.74) is 2.28. The average Bonchev–Trinajstić information content (AvgIpc) is 3.24. The second-order valence-corrected chi connectivity index (χ2v) is 7.54. The van der Waals surface area contributed by atoms with Crippen molar-refractivity contribution in [1.29, 1.82) is 0 Å². The molecule has 0 aliphatic carbocycles. The fraction of sp³-hybridized carbons (Fsp3) is 0.652. The molecule has 176 valence electrons. The molecule has 2 N–H and O–H groups in total. The van der Waals surface area contributed by atoms with Gasteiger partial charge in [-0.15, -0.1) is 24.0 Å². The standard InChI is InChI=1S/C23H37N3O4.HI/c1-4-29-22(27)9-7-5-6-8-13-25-23(24-3)26-16-19-11-10-18(2)15-21(19)30-20-12-14-28-17-20;/h10-11,15,20H,4-9,12-14,16-17H2,1-3H3,(H2,24,25,26);1H. The molecule has 1 saturated heterocycles. The third-order valence-corrected chi connectivity index (χ3v) is 4.98. The van der Waals surface area contributed by atoms with E-state index in [1.807, 2.05) is 6.92 Å². The van der Waals surface area contributed by atoms with Gasteiger partial charge in [-0.1, -0.05) is 25.0 Å². The highest BCUT2D eigenvalue weighted by Gasteiger charge is 2.18. The number of aliphatic imine (C=N–C) groups is 1. The normalized spacial score (nSPS) is 15.8. The number of guanidine groups is 1. The summed E-state index contributed by atoms with van der Waals surface area (Å²) in [4.78, 5) is 15.6. The molecule has 7 nitrogen and oxygen atoms in total. The molecule has 1 aromatic rings. The Bertz CT molecular complexity index is 679. The maximum Gasteiger partial charge on any atom is 0.305 e. The fourth-order valence-corrected chi connectivity index (χ4v) is 3.29. The summed E-state index contributed by atoms with van der Waals surface area (Å²) in [7, 11) is 1.77. The summed E-state index contributed by atoms with van der Waals surface area (Å²) in [5.74, 6) is 1.59. The van der Waals surface area contributed by atoms with Crippen LogP contribution in [0, 0.1) is 6.92 Å². The summed E-state index contributed by atoms with van der Waals surface area (Å²) in [5, 5.41) is 6.72. The molecule has 1 aliphatic heterocycles. The molecule has 1 unspecified atom stereocenters. The van der Waals surface area contributed by atoms with Crippen molar-refractivity contribution < 1.29 is 19.0 Å². The van der Waals surface area contributed by atoms with Crippen LogP contribution in [0.25, 0.3) is 0 Å². The van der Waals surface area contributed by atoms with Gasteiger partial charge in [0, 0.05) is 38.5 Å². The Morgan fingerprint density at radius 2 is 2.03 bits per heavy atom. The number of ether oxygens (including phenoxy) is 3. The number of esters is 1. The Morgan fingerprint density at radius 1 is 1.23 bits per heavy atom. The van der Waals surface area contributed by atoms with Gasteiger partial charge in [0.2, 0.25) is 0 Å². The Hall–Kier alpha value is -1.55. The number of nitrogens with zero attached hydrogens (tertiary/aromatic N) is 1. The van der Waals surface area contributed by atoms with Crippen LogP contribution < -0.4 is 15.4 Å². The van der Waals surface area contributed by atoms with E-state index in [4.69, 9.17) is 14.2 Å². The number of nitrogens with one attached hydrogen (secondary N) is 2. The molecule has 0 bridgehead atoms. The van der Waals surface area contributed by atoms with Gasteiger partial charge >= 0.3 is 5.97 Å². The van der Waals surface area contributed by atoms with E-state index in [1.54, 1.807) is 7.05 Å². The maximum atomic E-state index is 11.3. The Kier molecular flexibility index (Phi) is 14.3. The molecule has 1 aliphatic rings. The van der Waals surface area contributed by atoms with E-state index in [-0.39, 0.29) is 36.0 Å². The molecule has 1 aromatic carbocycles. The van der Waals surface area contributed by atoms with Crippen LogP contribution in [0.1, 0.15) is 56.6 Å². The lowest BCUT2D eigenvalue weighted by molar-refractivity contribution is -0.143. The minimum Gasteiger partial charge on any atom is -0.488 e. The first-order valence-electron chi connectivity index (χ1n) is 11.1. The van der Waals surface area contributed by atoms with E-state index in [1.165, 1.54) is 5.56 Å². The number of unbranched alkanes of at least 4 members (excludes halogenated alkanes) is 3. The zero-order valence-corrected chi connectivity index (χ0v) is 21.4. The zero-order valence-electron chi connectivity index (χ0n) is 19.1. The Balaban J connectivity index is 0.00000480. The molecule has 2 rings (SSSR count). The van der Waals surface area contributed by atoms with Crippen molar-refractivity contribution in [2.45, 2.75) is 65.0 Å². The van der Waals surface area contributed by atoms with Crippen molar-refractivity contribution in [1.82, 2.24) is 10.6 Å². The minimum atomic E-state index is -0.0971. The number of benzene rings is 1. The molecule has 0 amide bonds. The SMILES string of the molecule is CCOC(=O)CCCCCCNC(=NC)NCc1ccc(C)cc1OC1CCOC1.I. The molecule has 1 atom stereocenters. The second-order valence-electron chi connectivity index (χ2n) is 7.54. The predicted molar refractivity (Wildman–Crippen MR) is 134 cm³/mol. The monoisotopic (exact) mass is 547 g/mol. The molecule has 1 heterocycles. The van der Waals surface area contributed by atoms with E-state index >= 15 is 0 Å². The minimum absolute atomic E-state index is 0. The zero-order chi connectivity index (χ0) is 21.6. The van der Waals surface area contributed by atoms with Gasteiger partial charge < -0.3 is 24.8 Å². The van der Waals surface area contributed by atoms with E-state index in [0.717, 1.165) is 62.5 Å². The molecular weight excluding hydrogens is 509 g/mol. The van der Waals surface area contributed by atoms with Crippen LogP contribution in [0.4, 0.5) is 0 Å². The maximum absolute atomic E-state index is 11.3. The van der Waals surface area contributed by atoms with Crippen molar-refractivity contribution in [3.8, 4) is 5.75 Å². The lowest BCUT2D eigenvalue weighted by atomic mass is 10.1. The molecule has 0 spiro atoms. The smallest absolute Gasteiger partial charge is 0.305 e. The summed E-state index contributed by atoms with van der Waals surface area (Å²) >= 11 is 0. The molecule has 0 saturated carbocycles. The highest BCUT2D eigenvalue weighted by molar-refractivity contribution is 14.0. The molecule has 0 aromatic heterocycles. The van der Waals surface area contributed by atoms with Gasteiger partial charge in [-0.2, -0.15) is 0 Å². The van der Waals surface area contributed by atoms with Crippen LogP contribution in [0.15, 0.2) is 23.2 Å². The van der Waals surface area contributed by atoms with Gasteiger partial charge in [-0.05, 0) is 38.3 Å². The van der Waals surface area contributed by atoms with Crippen LogP contribution in [-0.2, 0) is 20.8 Å². The van der Waals surface area contributed by atoms with Crippen LogP contribution in [0.2, 0.25) is 0 Å². The van der Waals surface area contributed by atoms with Gasteiger partial charge in [0.15, 0.2) is 5.96 Å². The van der Waals surface area contributed by atoms with Gasteiger partial charge in [-0.25, -0.2) is 0 Å². The number of aryl methyl sites for hydroxylation is 1. The van der Waals surface area contributed by atoms with Crippen LogP contribution in [-0.4, -0.2) is 51.4 Å². The van der Waals surface area contributed by atoms with E-state index in [9.17, 15) is 4.79 Å². The van der Waals surface area contributed by atoms with Crippen LogP contribution >= 0.6 is 24.0 Å². The first kappa shape index (κ1) is 27.5. The van der Waals surface area contributed by atoms with E-state index in [0.29, 0.717) is 26.2 Å². The van der Waals surface area contributed by atoms with Crippen molar-refractivity contribution in [3.05, 3.63) is 29.3 Å². The summed E-state index contributed by atoms with van der Waals surface area (Å²) < 4.78 is 16.5. The van der Waals surface area contributed by atoms with Crippen molar-refractivity contribution in [2.75, 3.05) is 33.4 Å². The fourth-order valence-electron chi connectivity index (χ4n) is 3.29. The van der Waals surface area contributed by atoms with Gasteiger partial charge in [0.05, 0.1) is 19.8 Å². The van der Waals surface area contributed by atoms with Crippen molar-refractivity contribution in [3.63, 3.8) is 0 Å². The number of carbonyl (C=O) groups is 1. The van der Waals surface area contributed by atoms with Gasteiger partial charge in [-0.3, -0.25) is 9.79 Å². The quantitative estimate of drug-likeness (QED) is 0.136. The summed E-state index contributed by atoms with van der Waals surface area (Å²) in [6.07, 6.45) is 5.59. The molecule has 1 fully saturated rings. The van der Waals surface area contributed by atoms with Crippen molar-refractivity contribution in [2.24, 2.45) is 4.99 Å². The topological polar surface area (TPSA) is 81.2 Å². The number of hydrogen-bond donors (Lipinski definition) is 2. The first-order chi connectivity index (χ1) is 14.6. The molecule has 0 radical (unpaired) electrons. The number of carbonyl (C=O) groups excluding carboxylic acids is 1. The van der Waals surface area contributed by atoms with Gasteiger partial charge in [0.25, 0.3) is 0 Å². The summed E-state index contributed by atoms with van der Waals surface area (Å²) in [6, 6.07) is 6.29. The third-order valence-electron chi connectivity index (χ3n) is 4.98. The average molecular weight is 547 g/mol. The van der Waals surface area contributed by atoms with Gasteiger partial charge in [0.1, 0.15) is 11.9 Å². The second kappa shape index (κ2) is 16.1. The highest BCUT2D eigenvalue weighted by atomic mass is 127. The first-order valence-corrected chi connectivity index (χ1v) is 11.1. The number of rotatable bonds is 12. The lowest BCUT2D eigenvalue weighted by Gasteiger charge is -2.18.